The Morgan fingerprint density at radius 3 is 2.75 bits per heavy atom. The van der Waals surface area contributed by atoms with Crippen LogP contribution in [0.15, 0.2) is 24.4 Å². The van der Waals surface area contributed by atoms with Gasteiger partial charge in [0.25, 0.3) is 5.91 Å². The zero-order chi connectivity index (χ0) is 14.7. The van der Waals surface area contributed by atoms with Crippen LogP contribution in [-0.4, -0.2) is 15.9 Å². The van der Waals surface area contributed by atoms with E-state index in [0.717, 1.165) is 11.1 Å². The highest BCUT2D eigenvalue weighted by atomic mass is 16.1. The van der Waals surface area contributed by atoms with Gasteiger partial charge in [-0.15, -0.1) is 0 Å². The maximum atomic E-state index is 12.1. The minimum Gasteiger partial charge on any atom is -0.382 e. The molecule has 0 saturated carbocycles. The minimum absolute atomic E-state index is 0.0402. The number of nitrogens with zero attached hydrogens (tertiary/aromatic N) is 3. The number of nitrogens with two attached hydrogens (primary N) is 1. The first-order chi connectivity index (χ1) is 9.51. The average Bonchev–Trinajstić information content (AvgIpc) is 2.38. The Morgan fingerprint density at radius 2 is 2.15 bits per heavy atom. The van der Waals surface area contributed by atoms with Gasteiger partial charge in [0.15, 0.2) is 0 Å². The summed E-state index contributed by atoms with van der Waals surface area (Å²) in [6, 6.07) is 7.38. The molecule has 2 aromatic rings. The van der Waals surface area contributed by atoms with Gasteiger partial charge in [-0.1, -0.05) is 17.7 Å². The Balaban J connectivity index is 2.24. The zero-order valence-corrected chi connectivity index (χ0v) is 11.1. The van der Waals surface area contributed by atoms with Crippen LogP contribution in [0.25, 0.3) is 0 Å². The number of benzene rings is 1. The number of nitrogen functional groups attached to an aromatic ring is 1. The first-order valence-electron chi connectivity index (χ1n) is 5.92. The van der Waals surface area contributed by atoms with E-state index in [0.29, 0.717) is 5.56 Å². The molecule has 0 unspecified atom stereocenters. The maximum absolute atomic E-state index is 12.1. The van der Waals surface area contributed by atoms with Crippen LogP contribution in [0.3, 0.4) is 0 Å². The number of anilines is 2. The Kier molecular flexibility index (Phi) is 3.62. The van der Waals surface area contributed by atoms with Gasteiger partial charge >= 0.3 is 0 Å². The smallest absolute Gasteiger partial charge is 0.258 e. The number of aromatic nitrogens is 2. The summed E-state index contributed by atoms with van der Waals surface area (Å²) < 4.78 is 0. The van der Waals surface area contributed by atoms with Crippen LogP contribution in [0.2, 0.25) is 0 Å². The molecule has 0 aliphatic rings. The summed E-state index contributed by atoms with van der Waals surface area (Å²) in [6.45, 7) is 3.81. The Bertz CT molecular complexity index is 718. The van der Waals surface area contributed by atoms with Crippen LogP contribution >= 0.6 is 0 Å². The van der Waals surface area contributed by atoms with Crippen molar-refractivity contribution in [1.29, 1.82) is 5.26 Å². The highest BCUT2D eigenvalue weighted by molar-refractivity contribution is 6.04. The zero-order valence-electron chi connectivity index (χ0n) is 11.1. The third-order valence-corrected chi connectivity index (χ3v) is 2.79. The molecule has 0 saturated heterocycles. The van der Waals surface area contributed by atoms with Crippen molar-refractivity contribution in [2.24, 2.45) is 0 Å². The van der Waals surface area contributed by atoms with Crippen molar-refractivity contribution < 1.29 is 4.79 Å². The van der Waals surface area contributed by atoms with Crippen LogP contribution in [0, 0.1) is 25.2 Å². The molecule has 0 aliphatic heterocycles. The summed E-state index contributed by atoms with van der Waals surface area (Å²) in [6.07, 6.45) is 1.28. The van der Waals surface area contributed by atoms with E-state index in [-0.39, 0.29) is 23.2 Å². The number of nitrogens with one attached hydrogen (secondary N) is 1. The van der Waals surface area contributed by atoms with E-state index in [1.165, 1.54) is 6.20 Å². The molecule has 100 valence electrons. The molecular weight excluding hydrogens is 254 g/mol. The van der Waals surface area contributed by atoms with Gasteiger partial charge in [0.05, 0.1) is 6.20 Å². The molecule has 0 spiro atoms. The van der Waals surface area contributed by atoms with Crippen molar-refractivity contribution >= 4 is 17.7 Å². The predicted octanol–water partition coefficient (Wildman–Crippen LogP) is 1.80. The number of amides is 1. The fourth-order valence-electron chi connectivity index (χ4n) is 1.78. The summed E-state index contributed by atoms with van der Waals surface area (Å²) >= 11 is 0. The van der Waals surface area contributed by atoms with Crippen molar-refractivity contribution in [3.63, 3.8) is 0 Å². The minimum atomic E-state index is -0.313. The monoisotopic (exact) mass is 267 g/mol. The van der Waals surface area contributed by atoms with E-state index in [4.69, 9.17) is 11.0 Å². The third-order valence-electron chi connectivity index (χ3n) is 2.79. The molecule has 2 rings (SSSR count). The van der Waals surface area contributed by atoms with Gasteiger partial charge in [-0.3, -0.25) is 10.1 Å². The molecule has 0 radical (unpaired) electrons. The van der Waals surface area contributed by atoms with E-state index >= 15 is 0 Å². The number of carbonyl (C=O) groups excluding carboxylic acids is 1. The normalized spacial score (nSPS) is 9.85. The number of rotatable bonds is 2. The summed E-state index contributed by atoms with van der Waals surface area (Å²) in [5.74, 6) is -0.198. The van der Waals surface area contributed by atoms with E-state index in [1.807, 2.05) is 32.0 Å². The standard InChI is InChI=1S/C14H13N5O/c1-8-3-4-11(9(2)5-8)13(20)19-14-17-7-10(6-15)12(16)18-14/h3-5,7H,1-2H3,(H3,16,17,18,19,20). The molecule has 1 amide bonds. The van der Waals surface area contributed by atoms with Crippen molar-refractivity contribution in [2.75, 3.05) is 11.1 Å². The molecule has 6 nitrogen and oxygen atoms in total. The van der Waals surface area contributed by atoms with Crippen LogP contribution in [0.5, 0.6) is 0 Å². The largest absolute Gasteiger partial charge is 0.382 e. The first-order valence-corrected chi connectivity index (χ1v) is 5.92. The quantitative estimate of drug-likeness (QED) is 0.863. The predicted molar refractivity (Wildman–Crippen MR) is 75.0 cm³/mol. The molecule has 6 heteroatoms. The Labute approximate surface area is 116 Å². The Hall–Kier alpha value is -2.94. The lowest BCUT2D eigenvalue weighted by Gasteiger charge is -2.07. The topological polar surface area (TPSA) is 105 Å². The fourth-order valence-corrected chi connectivity index (χ4v) is 1.78. The lowest BCUT2D eigenvalue weighted by Crippen LogP contribution is -2.16. The van der Waals surface area contributed by atoms with Gasteiger partial charge in [0.1, 0.15) is 17.5 Å². The molecule has 1 aromatic heterocycles. The molecular formula is C14H13N5O. The summed E-state index contributed by atoms with van der Waals surface area (Å²) in [7, 11) is 0. The summed E-state index contributed by atoms with van der Waals surface area (Å²) in [5, 5.41) is 11.3. The van der Waals surface area contributed by atoms with Gasteiger partial charge in [-0.05, 0) is 25.5 Å². The number of hydrogen-bond acceptors (Lipinski definition) is 5. The average molecular weight is 267 g/mol. The van der Waals surface area contributed by atoms with Crippen LogP contribution in [-0.2, 0) is 0 Å². The Morgan fingerprint density at radius 1 is 1.40 bits per heavy atom. The highest BCUT2D eigenvalue weighted by Gasteiger charge is 2.11. The van der Waals surface area contributed by atoms with Gasteiger partial charge in [0.2, 0.25) is 5.95 Å². The van der Waals surface area contributed by atoms with Crippen molar-refractivity contribution in [3.05, 3.63) is 46.6 Å². The molecule has 0 bridgehead atoms. The van der Waals surface area contributed by atoms with Crippen LogP contribution < -0.4 is 11.1 Å². The number of nitriles is 1. The summed E-state index contributed by atoms with van der Waals surface area (Å²) in [5.41, 5.74) is 8.24. The fraction of sp³-hybridized carbons (Fsp3) is 0.143. The van der Waals surface area contributed by atoms with Crippen molar-refractivity contribution in [3.8, 4) is 6.07 Å². The molecule has 0 fully saturated rings. The van der Waals surface area contributed by atoms with E-state index in [2.05, 4.69) is 15.3 Å². The van der Waals surface area contributed by atoms with Crippen molar-refractivity contribution in [2.45, 2.75) is 13.8 Å². The van der Waals surface area contributed by atoms with E-state index in [9.17, 15) is 4.79 Å². The maximum Gasteiger partial charge on any atom is 0.258 e. The molecule has 1 heterocycles. The summed E-state index contributed by atoms with van der Waals surface area (Å²) in [4.78, 5) is 19.9. The second-order valence-corrected chi connectivity index (χ2v) is 4.38. The van der Waals surface area contributed by atoms with Crippen LogP contribution in [0.4, 0.5) is 11.8 Å². The lowest BCUT2D eigenvalue weighted by molar-refractivity contribution is 0.102. The van der Waals surface area contributed by atoms with E-state index < -0.39 is 0 Å². The second kappa shape index (κ2) is 5.36. The molecule has 3 N–H and O–H groups in total. The highest BCUT2D eigenvalue weighted by Crippen LogP contribution is 2.13. The van der Waals surface area contributed by atoms with E-state index in [1.54, 1.807) is 6.07 Å². The van der Waals surface area contributed by atoms with Gasteiger partial charge in [-0.2, -0.15) is 10.2 Å². The van der Waals surface area contributed by atoms with Gasteiger partial charge in [-0.25, -0.2) is 4.98 Å². The molecule has 20 heavy (non-hydrogen) atoms. The first kappa shape index (κ1) is 13.5. The lowest BCUT2D eigenvalue weighted by atomic mass is 10.1. The van der Waals surface area contributed by atoms with Gasteiger partial charge < -0.3 is 5.73 Å². The number of hydrogen-bond donors (Lipinski definition) is 2. The van der Waals surface area contributed by atoms with Crippen molar-refractivity contribution in [1.82, 2.24) is 9.97 Å². The third kappa shape index (κ3) is 2.72. The molecule has 0 aliphatic carbocycles. The van der Waals surface area contributed by atoms with Gasteiger partial charge in [0, 0.05) is 5.56 Å². The number of carbonyl (C=O) groups is 1. The van der Waals surface area contributed by atoms with Crippen LogP contribution in [0.1, 0.15) is 27.0 Å². The number of aryl methyl sites for hydroxylation is 2. The second-order valence-electron chi connectivity index (χ2n) is 4.38. The SMILES string of the molecule is Cc1ccc(C(=O)Nc2ncc(C#N)c(N)n2)c(C)c1. The molecule has 1 aromatic carbocycles. The molecule has 0 atom stereocenters.